The van der Waals surface area contributed by atoms with E-state index in [1.165, 1.54) is 0 Å². The van der Waals surface area contributed by atoms with Crippen molar-refractivity contribution in [3.63, 3.8) is 0 Å². The van der Waals surface area contributed by atoms with Crippen molar-refractivity contribution in [1.29, 1.82) is 0 Å². The van der Waals surface area contributed by atoms with Gasteiger partial charge in [-0.2, -0.15) is 0 Å². The molecular weight excluding hydrogens is 282 g/mol. The van der Waals surface area contributed by atoms with Crippen LogP contribution in [0.3, 0.4) is 0 Å². The topological polar surface area (TPSA) is 62.3 Å². The van der Waals surface area contributed by atoms with Crippen LogP contribution in [0.2, 0.25) is 0 Å². The lowest BCUT2D eigenvalue weighted by molar-refractivity contribution is -0.122. The summed E-state index contributed by atoms with van der Waals surface area (Å²) in [5.74, 6) is 1.48. The molecule has 4 fully saturated rings. The predicted octanol–water partition coefficient (Wildman–Crippen LogP) is 1.40. The summed E-state index contributed by atoms with van der Waals surface area (Å²) in [6.45, 7) is 2.55. The molecule has 1 amide bonds. The number of ether oxygens (including phenoxy) is 2. The van der Waals surface area contributed by atoms with Gasteiger partial charge in [0.05, 0.1) is 24.7 Å². The maximum atomic E-state index is 12.8. The van der Waals surface area contributed by atoms with Crippen LogP contribution in [0.5, 0.6) is 5.75 Å². The van der Waals surface area contributed by atoms with E-state index in [0.717, 1.165) is 17.9 Å². The molecule has 2 aliphatic heterocycles. The van der Waals surface area contributed by atoms with Crippen LogP contribution in [-0.2, 0) is 9.53 Å². The van der Waals surface area contributed by atoms with E-state index in [1.54, 1.807) is 4.90 Å². The van der Waals surface area contributed by atoms with Crippen molar-refractivity contribution in [3.05, 3.63) is 24.3 Å². The monoisotopic (exact) mass is 301 g/mol. The van der Waals surface area contributed by atoms with Gasteiger partial charge < -0.3 is 14.6 Å². The number of nitrogens with zero attached hydrogens (tertiary/aromatic N) is 1. The number of fused-ring (bicyclic) bond motifs is 8. The predicted molar refractivity (Wildman–Crippen MR) is 78.3 cm³/mol. The maximum absolute atomic E-state index is 12.8. The number of aliphatic hydroxyl groups excluding tert-OH is 1. The summed E-state index contributed by atoms with van der Waals surface area (Å²) < 4.78 is 11.1. The molecule has 22 heavy (non-hydrogen) atoms. The molecule has 116 valence electrons. The second kappa shape index (κ2) is 4.24. The Morgan fingerprint density at radius 2 is 2.00 bits per heavy atom. The fourth-order valence-corrected chi connectivity index (χ4v) is 5.05. The fraction of sp³-hybridized carbons (Fsp3) is 0.588. The molecule has 1 aromatic rings. The Bertz CT molecular complexity index is 630. The van der Waals surface area contributed by atoms with Gasteiger partial charge in [0, 0.05) is 17.5 Å². The second-order valence-electron chi connectivity index (χ2n) is 6.78. The van der Waals surface area contributed by atoms with E-state index >= 15 is 0 Å². The zero-order chi connectivity index (χ0) is 15.0. The van der Waals surface area contributed by atoms with Gasteiger partial charge in [-0.05, 0) is 43.5 Å². The lowest BCUT2D eigenvalue weighted by atomic mass is 9.81. The van der Waals surface area contributed by atoms with Crippen molar-refractivity contribution in [2.45, 2.75) is 31.8 Å². The Hall–Kier alpha value is -1.59. The molecule has 0 radical (unpaired) electrons. The molecule has 5 nitrogen and oxygen atoms in total. The van der Waals surface area contributed by atoms with E-state index in [9.17, 15) is 9.90 Å². The highest BCUT2D eigenvalue weighted by Crippen LogP contribution is 2.65. The van der Waals surface area contributed by atoms with Crippen LogP contribution in [0.4, 0.5) is 5.69 Å². The Morgan fingerprint density at radius 3 is 2.73 bits per heavy atom. The van der Waals surface area contributed by atoms with Gasteiger partial charge in [0.25, 0.3) is 0 Å². The molecule has 2 saturated carbocycles. The van der Waals surface area contributed by atoms with Crippen LogP contribution in [0.15, 0.2) is 24.3 Å². The summed E-state index contributed by atoms with van der Waals surface area (Å²) in [5.41, 5.74) is 0.754. The van der Waals surface area contributed by atoms with Gasteiger partial charge in [-0.1, -0.05) is 0 Å². The van der Waals surface area contributed by atoms with E-state index < -0.39 is 6.23 Å². The van der Waals surface area contributed by atoms with E-state index in [0.29, 0.717) is 24.5 Å². The standard InChI is InChI=1S/C17H19NO4/c1-2-21-9-5-3-8(4-6-9)18-16(19)12-10-7-11(13(12)17(18)20)15-14(10)22-15/h3-6,10-16,19H,2,7H2,1H3/t10?,11?,12?,13?,14?,15?,16-/m0/s1. The van der Waals surface area contributed by atoms with Gasteiger partial charge >= 0.3 is 0 Å². The van der Waals surface area contributed by atoms with Crippen LogP contribution < -0.4 is 9.64 Å². The fourth-order valence-electron chi connectivity index (χ4n) is 5.05. The Balaban J connectivity index is 1.45. The van der Waals surface area contributed by atoms with E-state index in [1.807, 2.05) is 31.2 Å². The zero-order valence-electron chi connectivity index (χ0n) is 12.4. The highest BCUT2D eigenvalue weighted by molar-refractivity contribution is 5.99. The first kappa shape index (κ1) is 12.9. The lowest BCUT2D eigenvalue weighted by Crippen LogP contribution is -2.37. The molecule has 2 heterocycles. The molecule has 5 heteroatoms. The van der Waals surface area contributed by atoms with E-state index in [-0.39, 0.29) is 23.8 Å². The first-order valence-corrected chi connectivity index (χ1v) is 8.10. The molecular formula is C17H19NO4. The first-order valence-electron chi connectivity index (χ1n) is 8.10. The molecule has 0 aromatic heterocycles. The molecule has 4 aliphatic rings. The normalized spacial score (nSPS) is 44.2. The third-order valence-corrected chi connectivity index (χ3v) is 5.88. The van der Waals surface area contributed by atoms with Gasteiger partial charge in [-0.15, -0.1) is 0 Å². The summed E-state index contributed by atoms with van der Waals surface area (Å²) in [6.07, 6.45) is 0.900. The van der Waals surface area contributed by atoms with Crippen molar-refractivity contribution in [2.24, 2.45) is 23.7 Å². The highest BCUT2D eigenvalue weighted by Gasteiger charge is 2.73. The number of benzene rings is 1. The Morgan fingerprint density at radius 1 is 1.27 bits per heavy atom. The molecule has 6 unspecified atom stereocenters. The van der Waals surface area contributed by atoms with Crippen molar-refractivity contribution < 1.29 is 19.4 Å². The average molecular weight is 301 g/mol. The van der Waals surface area contributed by atoms with Crippen LogP contribution in [0.1, 0.15) is 13.3 Å². The third-order valence-electron chi connectivity index (χ3n) is 5.88. The summed E-state index contributed by atoms with van der Waals surface area (Å²) >= 11 is 0. The summed E-state index contributed by atoms with van der Waals surface area (Å²) in [6, 6.07) is 7.41. The summed E-state index contributed by atoms with van der Waals surface area (Å²) in [5, 5.41) is 10.7. The minimum atomic E-state index is -0.726. The number of carbonyl (C=O) groups excluding carboxylic acids is 1. The van der Waals surface area contributed by atoms with Crippen molar-refractivity contribution in [2.75, 3.05) is 11.5 Å². The zero-order valence-corrected chi connectivity index (χ0v) is 12.4. The molecule has 7 atom stereocenters. The van der Waals surface area contributed by atoms with Crippen molar-refractivity contribution in [3.8, 4) is 5.75 Å². The van der Waals surface area contributed by atoms with Gasteiger partial charge in [0.2, 0.25) is 5.91 Å². The largest absolute Gasteiger partial charge is 0.494 e. The number of aliphatic hydroxyl groups is 1. The van der Waals surface area contributed by atoms with Crippen LogP contribution in [-0.4, -0.2) is 36.1 Å². The minimum absolute atomic E-state index is 0.0350. The molecule has 1 aromatic carbocycles. The number of epoxide rings is 1. The molecule has 2 aliphatic carbocycles. The Kier molecular flexibility index (Phi) is 2.48. The first-order chi connectivity index (χ1) is 10.7. The van der Waals surface area contributed by atoms with Crippen LogP contribution >= 0.6 is 0 Å². The van der Waals surface area contributed by atoms with Gasteiger partial charge in [-0.25, -0.2) is 0 Å². The SMILES string of the molecule is CCOc1ccc(N2C(=O)C3C4CC(C5OC45)C3[C@@H]2O)cc1. The minimum Gasteiger partial charge on any atom is -0.494 e. The number of anilines is 1. The maximum Gasteiger partial charge on any atom is 0.233 e. The third kappa shape index (κ3) is 1.48. The summed E-state index contributed by atoms with van der Waals surface area (Å²) in [4.78, 5) is 14.4. The summed E-state index contributed by atoms with van der Waals surface area (Å²) in [7, 11) is 0. The van der Waals surface area contributed by atoms with Crippen LogP contribution in [0.25, 0.3) is 0 Å². The van der Waals surface area contributed by atoms with Crippen molar-refractivity contribution in [1.82, 2.24) is 0 Å². The smallest absolute Gasteiger partial charge is 0.233 e. The highest BCUT2D eigenvalue weighted by atomic mass is 16.6. The van der Waals surface area contributed by atoms with Gasteiger partial charge in [0.15, 0.2) is 0 Å². The quantitative estimate of drug-likeness (QED) is 0.857. The molecule has 1 N–H and O–H groups in total. The number of amides is 1. The van der Waals surface area contributed by atoms with E-state index in [2.05, 4.69) is 0 Å². The number of carbonyl (C=O) groups is 1. The van der Waals surface area contributed by atoms with Crippen molar-refractivity contribution >= 4 is 11.6 Å². The van der Waals surface area contributed by atoms with Gasteiger partial charge in [-0.3, -0.25) is 9.69 Å². The molecule has 0 spiro atoms. The number of hydrogen-bond donors (Lipinski definition) is 1. The van der Waals surface area contributed by atoms with E-state index in [4.69, 9.17) is 9.47 Å². The second-order valence-corrected chi connectivity index (χ2v) is 6.78. The average Bonchev–Trinajstić information content (AvgIpc) is 3.03. The van der Waals surface area contributed by atoms with Gasteiger partial charge in [0.1, 0.15) is 12.0 Å². The van der Waals surface area contributed by atoms with Crippen LogP contribution in [0, 0.1) is 23.7 Å². The number of hydrogen-bond acceptors (Lipinski definition) is 4. The lowest BCUT2D eigenvalue weighted by Gasteiger charge is -2.26. The number of rotatable bonds is 3. The Labute approximate surface area is 128 Å². The molecule has 5 rings (SSSR count). The molecule has 2 bridgehead atoms. The molecule has 2 saturated heterocycles.